The zero-order valence-electron chi connectivity index (χ0n) is 19.0. The minimum atomic E-state index is -3.35. The third kappa shape index (κ3) is 6.14. The number of rotatable bonds is 9. The number of hydrogen-bond acceptors (Lipinski definition) is 6. The number of methoxy groups -OCH3 is 1. The van der Waals surface area contributed by atoms with Gasteiger partial charge >= 0.3 is 0 Å². The second-order valence-electron chi connectivity index (χ2n) is 7.95. The summed E-state index contributed by atoms with van der Waals surface area (Å²) in [6, 6.07) is 15.1. The van der Waals surface area contributed by atoms with E-state index in [1.54, 1.807) is 23.5 Å². The van der Waals surface area contributed by atoms with Crippen molar-refractivity contribution < 1.29 is 17.9 Å². The molecule has 1 N–H and O–H groups in total. The molecular formula is C23H32N4O4S. The first kappa shape index (κ1) is 23.9. The minimum absolute atomic E-state index is 0.0232. The van der Waals surface area contributed by atoms with Gasteiger partial charge in [-0.1, -0.05) is 0 Å². The molecule has 0 aliphatic carbocycles. The summed E-state index contributed by atoms with van der Waals surface area (Å²) >= 11 is 0. The van der Waals surface area contributed by atoms with Gasteiger partial charge in [0.1, 0.15) is 5.75 Å². The quantitative estimate of drug-likeness (QED) is 0.577. The third-order valence-corrected chi connectivity index (χ3v) is 7.54. The first-order valence-corrected chi connectivity index (χ1v) is 12.3. The number of hydrogen-bond donors (Lipinski definition) is 1. The fraction of sp³-hybridized carbons (Fsp3) is 0.435. The van der Waals surface area contributed by atoms with E-state index in [9.17, 15) is 13.2 Å². The topological polar surface area (TPSA) is 82.2 Å². The highest BCUT2D eigenvalue weighted by Gasteiger charge is 2.26. The fourth-order valence-corrected chi connectivity index (χ4v) is 5.10. The van der Waals surface area contributed by atoms with Crippen LogP contribution >= 0.6 is 0 Å². The molecule has 1 saturated heterocycles. The van der Waals surface area contributed by atoms with Crippen molar-refractivity contribution in [3.8, 4) is 5.75 Å². The van der Waals surface area contributed by atoms with E-state index in [0.717, 1.165) is 17.1 Å². The lowest BCUT2D eigenvalue weighted by Crippen LogP contribution is -2.49. The number of amides is 1. The van der Waals surface area contributed by atoms with Gasteiger partial charge < -0.3 is 19.9 Å². The zero-order valence-corrected chi connectivity index (χ0v) is 19.8. The molecule has 0 atom stereocenters. The van der Waals surface area contributed by atoms with E-state index < -0.39 is 10.0 Å². The number of anilines is 2. The van der Waals surface area contributed by atoms with Gasteiger partial charge in [0.2, 0.25) is 10.0 Å². The van der Waals surface area contributed by atoms with Crippen molar-refractivity contribution in [2.45, 2.75) is 6.42 Å². The highest BCUT2D eigenvalue weighted by atomic mass is 32.2. The first-order chi connectivity index (χ1) is 15.3. The number of piperazine rings is 1. The molecule has 1 heterocycles. The van der Waals surface area contributed by atoms with Gasteiger partial charge in [0, 0.05) is 63.8 Å². The van der Waals surface area contributed by atoms with Crippen molar-refractivity contribution in [3.05, 3.63) is 54.1 Å². The van der Waals surface area contributed by atoms with Crippen LogP contribution in [0.5, 0.6) is 5.75 Å². The summed E-state index contributed by atoms with van der Waals surface area (Å²) in [5.41, 5.74) is 2.64. The molecular weight excluding hydrogens is 428 g/mol. The van der Waals surface area contributed by atoms with E-state index in [1.165, 1.54) is 0 Å². The Kier molecular flexibility index (Phi) is 7.98. The molecule has 1 aliphatic rings. The molecule has 0 saturated carbocycles. The third-order valence-electron chi connectivity index (χ3n) is 5.58. The zero-order chi connectivity index (χ0) is 23.1. The molecule has 1 amide bonds. The summed E-state index contributed by atoms with van der Waals surface area (Å²) in [5.74, 6) is 0.628. The SMILES string of the molecule is COc1ccc(N2CCN(S(=O)(=O)CCCNC(=O)c3ccc(N(C)C)cc3)CC2)cc1. The number of ether oxygens (including phenoxy) is 1. The Balaban J connectivity index is 1.42. The Morgan fingerprint density at radius 2 is 1.62 bits per heavy atom. The van der Waals surface area contributed by atoms with Crippen molar-refractivity contribution >= 4 is 27.3 Å². The van der Waals surface area contributed by atoms with Gasteiger partial charge in [-0.3, -0.25) is 4.79 Å². The molecule has 0 spiro atoms. The Labute approximate surface area is 190 Å². The Hall–Kier alpha value is -2.78. The fourth-order valence-electron chi connectivity index (χ4n) is 3.62. The molecule has 32 heavy (non-hydrogen) atoms. The predicted molar refractivity (Wildman–Crippen MR) is 128 cm³/mol. The van der Waals surface area contributed by atoms with Crippen LogP contribution in [0.25, 0.3) is 0 Å². The molecule has 174 valence electrons. The van der Waals surface area contributed by atoms with Crippen LogP contribution in [-0.4, -0.2) is 78.3 Å². The van der Waals surface area contributed by atoms with Crippen LogP contribution in [-0.2, 0) is 10.0 Å². The van der Waals surface area contributed by atoms with Crippen molar-refractivity contribution in [2.75, 3.05) is 69.5 Å². The van der Waals surface area contributed by atoms with Crippen molar-refractivity contribution in [3.63, 3.8) is 0 Å². The number of nitrogens with one attached hydrogen (secondary N) is 1. The molecule has 1 fully saturated rings. The van der Waals surface area contributed by atoms with Crippen LogP contribution < -0.4 is 19.9 Å². The molecule has 2 aromatic carbocycles. The Bertz CT molecular complexity index is 984. The van der Waals surface area contributed by atoms with Crippen LogP contribution in [0, 0.1) is 0 Å². The van der Waals surface area contributed by atoms with Crippen LogP contribution in [0.1, 0.15) is 16.8 Å². The Morgan fingerprint density at radius 1 is 1.00 bits per heavy atom. The lowest BCUT2D eigenvalue weighted by molar-refractivity contribution is 0.0953. The maximum Gasteiger partial charge on any atom is 0.251 e. The van der Waals surface area contributed by atoms with Gasteiger partial charge in [-0.15, -0.1) is 0 Å². The molecule has 2 aromatic rings. The molecule has 0 bridgehead atoms. The van der Waals surface area contributed by atoms with Gasteiger partial charge in [0.15, 0.2) is 0 Å². The lowest BCUT2D eigenvalue weighted by atomic mass is 10.2. The number of nitrogens with zero attached hydrogens (tertiary/aromatic N) is 3. The molecule has 0 radical (unpaired) electrons. The highest BCUT2D eigenvalue weighted by molar-refractivity contribution is 7.89. The number of sulfonamides is 1. The van der Waals surface area contributed by atoms with Crippen LogP contribution in [0.3, 0.4) is 0 Å². The maximum absolute atomic E-state index is 12.7. The summed E-state index contributed by atoms with van der Waals surface area (Å²) in [5, 5.41) is 2.81. The van der Waals surface area contributed by atoms with E-state index in [4.69, 9.17) is 4.74 Å². The summed E-state index contributed by atoms with van der Waals surface area (Å²) < 4.78 is 32.1. The summed E-state index contributed by atoms with van der Waals surface area (Å²) in [7, 11) is 2.16. The van der Waals surface area contributed by atoms with Gasteiger partial charge in [-0.2, -0.15) is 4.31 Å². The van der Waals surface area contributed by atoms with Crippen molar-refractivity contribution in [1.82, 2.24) is 9.62 Å². The van der Waals surface area contributed by atoms with Gasteiger partial charge in [-0.05, 0) is 55.0 Å². The number of carbonyl (C=O) groups excluding carboxylic acids is 1. The monoisotopic (exact) mass is 460 g/mol. The van der Waals surface area contributed by atoms with Crippen molar-refractivity contribution in [1.29, 1.82) is 0 Å². The largest absolute Gasteiger partial charge is 0.497 e. The maximum atomic E-state index is 12.7. The van der Waals surface area contributed by atoms with Crippen molar-refractivity contribution in [2.24, 2.45) is 0 Å². The highest BCUT2D eigenvalue weighted by Crippen LogP contribution is 2.21. The van der Waals surface area contributed by atoms with E-state index in [2.05, 4.69) is 10.2 Å². The predicted octanol–water partition coefficient (Wildman–Crippen LogP) is 2.03. The summed E-state index contributed by atoms with van der Waals surface area (Å²) in [6.45, 7) is 2.52. The minimum Gasteiger partial charge on any atom is -0.497 e. The summed E-state index contributed by atoms with van der Waals surface area (Å²) in [4.78, 5) is 16.4. The standard InChI is InChI=1S/C23H32N4O4S/c1-25(2)20-7-5-19(6-8-20)23(28)24-13-4-18-32(29,30)27-16-14-26(15-17-27)21-9-11-22(31-3)12-10-21/h5-12H,4,13-18H2,1-3H3,(H,24,28). The molecule has 1 aliphatic heterocycles. The van der Waals surface area contributed by atoms with Gasteiger partial charge in [0.25, 0.3) is 5.91 Å². The van der Waals surface area contributed by atoms with Crippen LogP contribution in [0.4, 0.5) is 11.4 Å². The Morgan fingerprint density at radius 3 is 2.19 bits per heavy atom. The van der Waals surface area contributed by atoms with E-state index in [-0.39, 0.29) is 11.7 Å². The molecule has 0 unspecified atom stereocenters. The molecule has 9 heteroatoms. The van der Waals surface area contributed by atoms with E-state index in [1.807, 2.05) is 55.4 Å². The van der Waals surface area contributed by atoms with Gasteiger partial charge in [-0.25, -0.2) is 8.42 Å². The number of carbonyl (C=O) groups is 1. The summed E-state index contributed by atoms with van der Waals surface area (Å²) in [6.07, 6.45) is 0.378. The van der Waals surface area contributed by atoms with Gasteiger partial charge in [0.05, 0.1) is 12.9 Å². The molecule has 3 rings (SSSR count). The average molecular weight is 461 g/mol. The second kappa shape index (κ2) is 10.7. The lowest BCUT2D eigenvalue weighted by Gasteiger charge is -2.35. The normalized spacial score (nSPS) is 14.8. The van der Waals surface area contributed by atoms with E-state index >= 15 is 0 Å². The second-order valence-corrected chi connectivity index (χ2v) is 10.0. The van der Waals surface area contributed by atoms with Crippen LogP contribution in [0.15, 0.2) is 48.5 Å². The number of benzene rings is 2. The van der Waals surface area contributed by atoms with Crippen LogP contribution in [0.2, 0.25) is 0 Å². The average Bonchev–Trinajstić information content (AvgIpc) is 2.82. The van der Waals surface area contributed by atoms with E-state index in [0.29, 0.717) is 44.7 Å². The first-order valence-electron chi connectivity index (χ1n) is 10.7. The molecule has 0 aromatic heterocycles. The molecule has 8 nitrogen and oxygen atoms in total. The smallest absolute Gasteiger partial charge is 0.251 e.